The van der Waals surface area contributed by atoms with Crippen LogP contribution in [0.5, 0.6) is 0 Å². The zero-order chi connectivity index (χ0) is 17.1. The number of likely N-dealkylation sites (tertiary alicyclic amines) is 1. The average Bonchev–Trinajstić information content (AvgIpc) is 3.11. The summed E-state index contributed by atoms with van der Waals surface area (Å²) in [5, 5.41) is 11.8. The van der Waals surface area contributed by atoms with Crippen LogP contribution in [-0.2, 0) is 0 Å². The monoisotopic (exact) mass is 351 g/mol. The highest BCUT2D eigenvalue weighted by Crippen LogP contribution is 2.28. The van der Waals surface area contributed by atoms with Crippen molar-refractivity contribution in [3.8, 4) is 0 Å². The third-order valence-corrected chi connectivity index (χ3v) is 6.46. The summed E-state index contributed by atoms with van der Waals surface area (Å²) in [6.45, 7) is 9.09. The molecule has 2 aliphatic rings. The Morgan fingerprint density at radius 1 is 1.25 bits per heavy atom. The maximum absolute atomic E-state index is 12.8. The summed E-state index contributed by atoms with van der Waals surface area (Å²) < 4.78 is 0. The fourth-order valence-corrected chi connectivity index (χ4v) is 4.76. The number of carbonyl (C=O) groups excluding carboxylic acids is 1. The lowest BCUT2D eigenvalue weighted by atomic mass is 9.96. The third-order valence-electron chi connectivity index (χ3n) is 5.46. The summed E-state index contributed by atoms with van der Waals surface area (Å²) in [7, 11) is 2.18. The van der Waals surface area contributed by atoms with Gasteiger partial charge in [-0.3, -0.25) is 4.79 Å². The molecular weight excluding hydrogens is 322 g/mol. The number of hydrogen-bond acceptors (Lipinski definition) is 5. The molecule has 0 unspecified atom stereocenters. The van der Waals surface area contributed by atoms with Crippen molar-refractivity contribution in [3.05, 3.63) is 21.9 Å². The van der Waals surface area contributed by atoms with Crippen LogP contribution in [0.4, 0.5) is 0 Å². The number of likely N-dealkylation sites (N-methyl/N-ethyl adjacent to an activating group) is 1. The van der Waals surface area contributed by atoms with Crippen molar-refractivity contribution in [1.29, 1.82) is 0 Å². The van der Waals surface area contributed by atoms with E-state index in [2.05, 4.69) is 16.8 Å². The SMILES string of the molecule is Cc1ccsc1C(=O)N1C[C@@H](CN2CCCN(C)CC2)[C@@H](CO)C1. The smallest absolute Gasteiger partial charge is 0.264 e. The molecule has 2 fully saturated rings. The highest BCUT2D eigenvalue weighted by Gasteiger charge is 2.36. The lowest BCUT2D eigenvalue weighted by Gasteiger charge is -2.26. The van der Waals surface area contributed by atoms with Crippen molar-refractivity contribution in [1.82, 2.24) is 14.7 Å². The minimum absolute atomic E-state index is 0.138. The second kappa shape index (κ2) is 7.95. The molecule has 24 heavy (non-hydrogen) atoms. The molecule has 1 N–H and O–H groups in total. The molecule has 1 aromatic rings. The number of nitrogens with zero attached hydrogens (tertiary/aromatic N) is 3. The number of carbonyl (C=O) groups is 1. The summed E-state index contributed by atoms with van der Waals surface area (Å²) in [4.78, 5) is 20.5. The van der Waals surface area contributed by atoms with Crippen LogP contribution < -0.4 is 0 Å². The Bertz CT molecular complexity index is 562. The first-order valence-corrected chi connectivity index (χ1v) is 9.81. The normalized spacial score (nSPS) is 26.7. The number of rotatable bonds is 4. The van der Waals surface area contributed by atoms with E-state index in [4.69, 9.17) is 0 Å². The predicted molar refractivity (Wildman–Crippen MR) is 97.6 cm³/mol. The van der Waals surface area contributed by atoms with Crippen molar-refractivity contribution < 1.29 is 9.90 Å². The van der Waals surface area contributed by atoms with E-state index in [0.717, 1.165) is 49.7 Å². The summed E-state index contributed by atoms with van der Waals surface area (Å²) in [6.07, 6.45) is 1.20. The minimum Gasteiger partial charge on any atom is -0.396 e. The van der Waals surface area contributed by atoms with E-state index >= 15 is 0 Å². The van der Waals surface area contributed by atoms with E-state index in [-0.39, 0.29) is 18.4 Å². The Kier molecular flexibility index (Phi) is 5.92. The van der Waals surface area contributed by atoms with Gasteiger partial charge in [0.2, 0.25) is 0 Å². The van der Waals surface area contributed by atoms with Gasteiger partial charge in [0, 0.05) is 45.2 Å². The Morgan fingerprint density at radius 3 is 2.75 bits per heavy atom. The van der Waals surface area contributed by atoms with Crippen LogP contribution in [0, 0.1) is 18.8 Å². The predicted octanol–water partition coefficient (Wildman–Crippen LogP) is 1.37. The average molecular weight is 352 g/mol. The number of amides is 1. The number of hydrogen-bond donors (Lipinski definition) is 1. The Morgan fingerprint density at radius 2 is 2.04 bits per heavy atom. The van der Waals surface area contributed by atoms with Gasteiger partial charge >= 0.3 is 0 Å². The van der Waals surface area contributed by atoms with Gasteiger partial charge in [0.15, 0.2) is 0 Å². The van der Waals surface area contributed by atoms with Crippen LogP contribution in [-0.4, -0.2) is 85.2 Å². The van der Waals surface area contributed by atoms with Crippen molar-refractivity contribution in [2.24, 2.45) is 11.8 Å². The van der Waals surface area contributed by atoms with Crippen molar-refractivity contribution >= 4 is 17.2 Å². The molecule has 2 aliphatic heterocycles. The standard InChI is InChI=1S/C18H29N3O2S/c1-14-4-9-24-17(14)18(23)21-11-15(16(12-21)13-22)10-20-6-3-5-19(2)7-8-20/h4,9,15-16,22H,3,5-8,10-13H2,1-2H3/t15-,16-/m1/s1. The zero-order valence-corrected chi connectivity index (χ0v) is 15.6. The number of thiophene rings is 1. The van der Waals surface area contributed by atoms with Crippen molar-refractivity contribution in [2.75, 3.05) is 59.5 Å². The van der Waals surface area contributed by atoms with Crippen LogP contribution in [0.2, 0.25) is 0 Å². The largest absolute Gasteiger partial charge is 0.396 e. The molecule has 0 saturated carbocycles. The summed E-state index contributed by atoms with van der Waals surface area (Å²) in [6, 6.07) is 2.00. The van der Waals surface area contributed by atoms with Gasteiger partial charge in [-0.1, -0.05) is 0 Å². The Labute approximate surface area is 148 Å². The van der Waals surface area contributed by atoms with E-state index in [1.807, 2.05) is 23.3 Å². The highest BCUT2D eigenvalue weighted by molar-refractivity contribution is 7.12. The molecule has 134 valence electrons. The van der Waals surface area contributed by atoms with Gasteiger partial charge < -0.3 is 19.8 Å². The Balaban J connectivity index is 1.62. The summed E-state index contributed by atoms with van der Waals surface area (Å²) >= 11 is 1.52. The first kappa shape index (κ1) is 17.9. The van der Waals surface area contributed by atoms with Crippen molar-refractivity contribution in [3.63, 3.8) is 0 Å². The maximum atomic E-state index is 12.8. The van der Waals surface area contributed by atoms with Gasteiger partial charge in [-0.2, -0.15) is 0 Å². The zero-order valence-electron chi connectivity index (χ0n) is 14.8. The van der Waals surface area contributed by atoms with Gasteiger partial charge in [0.1, 0.15) is 0 Å². The van der Waals surface area contributed by atoms with Gasteiger partial charge in [-0.25, -0.2) is 0 Å². The van der Waals surface area contributed by atoms with Gasteiger partial charge in [0.05, 0.1) is 4.88 Å². The van der Waals surface area contributed by atoms with Gasteiger partial charge in [-0.15, -0.1) is 11.3 Å². The van der Waals surface area contributed by atoms with E-state index < -0.39 is 0 Å². The Hall–Kier alpha value is -0.950. The van der Waals surface area contributed by atoms with E-state index in [0.29, 0.717) is 12.5 Å². The number of aliphatic hydroxyl groups is 1. The molecule has 6 heteroatoms. The summed E-state index contributed by atoms with van der Waals surface area (Å²) in [5.74, 6) is 0.719. The lowest BCUT2D eigenvalue weighted by Crippen LogP contribution is -2.36. The van der Waals surface area contributed by atoms with Crippen molar-refractivity contribution in [2.45, 2.75) is 13.3 Å². The summed E-state index contributed by atoms with van der Waals surface area (Å²) in [5.41, 5.74) is 1.06. The first-order chi connectivity index (χ1) is 11.6. The maximum Gasteiger partial charge on any atom is 0.264 e. The van der Waals surface area contributed by atoms with Crippen LogP contribution >= 0.6 is 11.3 Å². The van der Waals surface area contributed by atoms with Crippen LogP contribution in [0.3, 0.4) is 0 Å². The molecule has 3 heterocycles. The molecule has 2 saturated heterocycles. The molecule has 0 bridgehead atoms. The molecule has 0 spiro atoms. The molecule has 0 aliphatic carbocycles. The quantitative estimate of drug-likeness (QED) is 0.890. The first-order valence-electron chi connectivity index (χ1n) is 8.93. The number of aryl methyl sites for hydroxylation is 1. The van der Waals surface area contributed by atoms with Gasteiger partial charge in [0.25, 0.3) is 5.91 Å². The second-order valence-electron chi connectivity index (χ2n) is 7.30. The molecular formula is C18H29N3O2S. The fourth-order valence-electron chi connectivity index (χ4n) is 3.87. The van der Waals surface area contributed by atoms with E-state index in [9.17, 15) is 9.90 Å². The van der Waals surface area contributed by atoms with Crippen LogP contribution in [0.1, 0.15) is 21.7 Å². The molecule has 1 amide bonds. The molecule has 0 aromatic carbocycles. The lowest BCUT2D eigenvalue weighted by molar-refractivity contribution is 0.0783. The van der Waals surface area contributed by atoms with Crippen LogP contribution in [0.15, 0.2) is 11.4 Å². The number of aliphatic hydroxyl groups excluding tert-OH is 1. The van der Waals surface area contributed by atoms with E-state index in [1.54, 1.807) is 0 Å². The minimum atomic E-state index is 0.138. The highest BCUT2D eigenvalue weighted by atomic mass is 32.1. The molecule has 5 nitrogen and oxygen atoms in total. The third kappa shape index (κ3) is 3.99. The van der Waals surface area contributed by atoms with Crippen LogP contribution in [0.25, 0.3) is 0 Å². The molecule has 2 atom stereocenters. The van der Waals surface area contributed by atoms with E-state index in [1.165, 1.54) is 17.8 Å². The van der Waals surface area contributed by atoms with Gasteiger partial charge in [-0.05, 0) is 56.4 Å². The molecule has 0 radical (unpaired) electrons. The second-order valence-corrected chi connectivity index (χ2v) is 8.22. The molecule has 1 aromatic heterocycles. The fraction of sp³-hybridized carbons (Fsp3) is 0.722. The topological polar surface area (TPSA) is 47.0 Å². The molecule has 3 rings (SSSR count).